The van der Waals surface area contributed by atoms with Gasteiger partial charge in [-0.3, -0.25) is 14.5 Å². The lowest BCUT2D eigenvalue weighted by molar-refractivity contribution is -0.142. The van der Waals surface area contributed by atoms with E-state index in [9.17, 15) is 13.2 Å². The molecule has 0 radical (unpaired) electrons. The van der Waals surface area contributed by atoms with Crippen LogP contribution in [0.1, 0.15) is 50.7 Å². The molecule has 4 rings (SSSR count). The molecule has 0 amide bonds. The van der Waals surface area contributed by atoms with Crippen LogP contribution >= 0.6 is 0 Å². The molecular weight excluding hydrogens is 528 g/mol. The van der Waals surface area contributed by atoms with Crippen molar-refractivity contribution in [3.8, 4) is 5.75 Å². The third-order valence-electron chi connectivity index (χ3n) is 7.02. The summed E-state index contributed by atoms with van der Waals surface area (Å²) in [4.78, 5) is 12.8. The van der Waals surface area contributed by atoms with Gasteiger partial charge in [-0.2, -0.15) is 0 Å². The number of nitrogens with two attached hydrogens (primary N) is 1. The number of nitrogens with one attached hydrogen (secondary N) is 2. The number of benzene rings is 3. The Kier molecular flexibility index (Phi) is 9.65. The Morgan fingerprint density at radius 2 is 1.75 bits per heavy atom. The molecule has 10 heteroatoms. The van der Waals surface area contributed by atoms with Crippen molar-refractivity contribution in [3.63, 3.8) is 0 Å². The zero-order chi connectivity index (χ0) is 28.7. The highest BCUT2D eigenvalue weighted by molar-refractivity contribution is 7.94. The zero-order valence-corrected chi connectivity index (χ0v) is 23.9. The molecular formula is C30H38N4O5S. The fraction of sp³-hybridized carbons (Fsp3) is 0.400. The standard InChI is InChI=1S/C30H38N4O5S/c1-3-5-28(30(35)38-4-2)40(36,37)34(25-10-12-26(13-11-25)39-27-14-16-33-17-15-27)20-21-6-7-22-8-9-23(29(31)32)19-24(22)18-21/h6-13,18-19,27-28,33H,3-5,14-17,20H2,1-2H3,(H3,31,32). The largest absolute Gasteiger partial charge is 0.490 e. The summed E-state index contributed by atoms with van der Waals surface area (Å²) in [5.41, 5.74) is 7.43. The highest BCUT2D eigenvalue weighted by atomic mass is 32.2. The summed E-state index contributed by atoms with van der Waals surface area (Å²) in [6, 6.07) is 18.1. The Morgan fingerprint density at radius 3 is 2.40 bits per heavy atom. The molecule has 0 aromatic heterocycles. The molecule has 1 aliphatic heterocycles. The first kappa shape index (κ1) is 29.4. The minimum Gasteiger partial charge on any atom is -0.490 e. The Bertz CT molecular complexity index is 1440. The number of rotatable bonds is 12. The average molecular weight is 567 g/mol. The molecule has 0 saturated carbocycles. The van der Waals surface area contributed by atoms with Gasteiger partial charge in [0.25, 0.3) is 0 Å². The molecule has 1 aliphatic rings. The number of carbonyl (C=O) groups excluding carboxylic acids is 1. The molecule has 0 spiro atoms. The molecule has 0 aliphatic carbocycles. The average Bonchev–Trinajstić information content (AvgIpc) is 2.95. The summed E-state index contributed by atoms with van der Waals surface area (Å²) in [6.07, 6.45) is 2.58. The molecule has 1 saturated heterocycles. The second-order valence-corrected chi connectivity index (χ2v) is 12.0. The van der Waals surface area contributed by atoms with Crippen molar-refractivity contribution in [3.05, 3.63) is 71.8 Å². The maximum atomic E-state index is 14.1. The lowest BCUT2D eigenvalue weighted by Crippen LogP contribution is -2.43. The van der Waals surface area contributed by atoms with Gasteiger partial charge >= 0.3 is 5.97 Å². The van der Waals surface area contributed by atoms with Crippen LogP contribution in [0.25, 0.3) is 10.8 Å². The van der Waals surface area contributed by atoms with E-state index in [1.165, 1.54) is 4.31 Å². The van der Waals surface area contributed by atoms with E-state index in [1.54, 1.807) is 37.3 Å². The number of amidine groups is 1. The topological polar surface area (TPSA) is 135 Å². The van der Waals surface area contributed by atoms with Gasteiger partial charge < -0.3 is 20.5 Å². The lowest BCUT2D eigenvalue weighted by atomic mass is 10.0. The van der Waals surface area contributed by atoms with Gasteiger partial charge in [-0.05, 0) is 92.0 Å². The van der Waals surface area contributed by atoms with Crippen molar-refractivity contribution in [2.45, 2.75) is 57.4 Å². The number of anilines is 1. The first-order chi connectivity index (χ1) is 19.2. The number of ether oxygens (including phenoxy) is 2. The van der Waals surface area contributed by atoms with Gasteiger partial charge in [0.1, 0.15) is 17.7 Å². The van der Waals surface area contributed by atoms with E-state index >= 15 is 0 Å². The second-order valence-electron chi connectivity index (χ2n) is 9.95. The predicted octanol–water partition coefficient (Wildman–Crippen LogP) is 4.32. The third kappa shape index (κ3) is 6.92. The molecule has 1 fully saturated rings. The number of carbonyl (C=O) groups is 1. The van der Waals surface area contributed by atoms with E-state index < -0.39 is 21.2 Å². The summed E-state index contributed by atoms with van der Waals surface area (Å²) in [5, 5.41) is 11.5. The summed E-state index contributed by atoms with van der Waals surface area (Å²) in [5.74, 6) is -0.115. The van der Waals surface area contributed by atoms with E-state index in [0.717, 1.165) is 42.3 Å². The van der Waals surface area contributed by atoms with Crippen LogP contribution in [0.5, 0.6) is 5.75 Å². The van der Waals surface area contributed by atoms with Gasteiger partial charge in [0, 0.05) is 5.56 Å². The maximum absolute atomic E-state index is 14.1. The highest BCUT2D eigenvalue weighted by Crippen LogP contribution is 2.30. The minimum absolute atomic E-state index is 0.0106. The van der Waals surface area contributed by atoms with Crippen molar-refractivity contribution in [2.75, 3.05) is 24.0 Å². The normalized spacial score (nSPS) is 14.9. The van der Waals surface area contributed by atoms with Gasteiger partial charge in [0.2, 0.25) is 10.0 Å². The number of sulfonamides is 1. The minimum atomic E-state index is -4.16. The second kappa shape index (κ2) is 13.1. The summed E-state index contributed by atoms with van der Waals surface area (Å²) in [7, 11) is -4.16. The Morgan fingerprint density at radius 1 is 1.05 bits per heavy atom. The van der Waals surface area contributed by atoms with E-state index in [0.29, 0.717) is 23.4 Å². The van der Waals surface area contributed by atoms with Crippen LogP contribution in [-0.4, -0.2) is 51.3 Å². The van der Waals surface area contributed by atoms with Gasteiger partial charge in [-0.25, -0.2) is 8.42 Å². The van der Waals surface area contributed by atoms with Crippen LogP contribution in [-0.2, 0) is 26.1 Å². The molecule has 3 aromatic rings. The van der Waals surface area contributed by atoms with Crippen LogP contribution in [0.2, 0.25) is 0 Å². The molecule has 1 atom stereocenters. The number of hydrogen-bond donors (Lipinski definition) is 3. The quantitative estimate of drug-likeness (QED) is 0.169. The SMILES string of the molecule is CCCC(C(=O)OCC)S(=O)(=O)N(Cc1ccc2ccc(C(=N)N)cc2c1)c1ccc(OC2CCNCC2)cc1. The number of nitrogen functional groups attached to an aromatic ring is 1. The number of nitrogens with zero attached hydrogens (tertiary/aromatic N) is 1. The molecule has 1 unspecified atom stereocenters. The molecule has 1 heterocycles. The molecule has 9 nitrogen and oxygen atoms in total. The fourth-order valence-electron chi connectivity index (χ4n) is 4.89. The monoisotopic (exact) mass is 566 g/mol. The zero-order valence-electron chi connectivity index (χ0n) is 23.1. The van der Waals surface area contributed by atoms with E-state index in [-0.39, 0.29) is 31.5 Å². The fourth-order valence-corrected chi connectivity index (χ4v) is 6.79. The van der Waals surface area contributed by atoms with Crippen LogP contribution in [0.3, 0.4) is 0 Å². The number of esters is 1. The molecule has 214 valence electrons. The van der Waals surface area contributed by atoms with Crippen LogP contribution in [0.15, 0.2) is 60.7 Å². The summed E-state index contributed by atoms with van der Waals surface area (Å²) >= 11 is 0. The van der Waals surface area contributed by atoms with E-state index in [1.807, 2.05) is 37.3 Å². The molecule has 3 aromatic carbocycles. The Hall–Kier alpha value is -3.63. The smallest absolute Gasteiger partial charge is 0.326 e. The van der Waals surface area contributed by atoms with Gasteiger partial charge in [0.15, 0.2) is 5.25 Å². The van der Waals surface area contributed by atoms with Crippen LogP contribution < -0.4 is 20.1 Å². The number of hydrogen-bond acceptors (Lipinski definition) is 7. The van der Waals surface area contributed by atoms with Crippen molar-refractivity contribution in [1.82, 2.24) is 5.32 Å². The molecule has 0 bridgehead atoms. The molecule has 4 N–H and O–H groups in total. The molecule has 40 heavy (non-hydrogen) atoms. The van der Waals surface area contributed by atoms with Crippen molar-refractivity contribution < 1.29 is 22.7 Å². The first-order valence-electron chi connectivity index (χ1n) is 13.8. The van der Waals surface area contributed by atoms with Crippen molar-refractivity contribution >= 4 is 38.3 Å². The van der Waals surface area contributed by atoms with Crippen molar-refractivity contribution in [1.29, 1.82) is 5.41 Å². The number of fused-ring (bicyclic) bond motifs is 1. The van der Waals surface area contributed by atoms with E-state index in [4.69, 9.17) is 20.6 Å². The van der Waals surface area contributed by atoms with Gasteiger partial charge in [0.05, 0.1) is 18.8 Å². The van der Waals surface area contributed by atoms with Crippen molar-refractivity contribution in [2.24, 2.45) is 5.73 Å². The number of piperidine rings is 1. The Balaban J connectivity index is 1.71. The first-order valence-corrected chi connectivity index (χ1v) is 15.3. The van der Waals surface area contributed by atoms with Gasteiger partial charge in [-0.1, -0.05) is 37.6 Å². The van der Waals surface area contributed by atoms with Crippen LogP contribution in [0.4, 0.5) is 5.69 Å². The Labute approximate surface area is 236 Å². The summed E-state index contributed by atoms with van der Waals surface area (Å²) in [6.45, 7) is 5.42. The van der Waals surface area contributed by atoms with Gasteiger partial charge in [-0.15, -0.1) is 0 Å². The van der Waals surface area contributed by atoms with Crippen LogP contribution in [0, 0.1) is 5.41 Å². The van der Waals surface area contributed by atoms with E-state index in [2.05, 4.69) is 5.32 Å². The third-order valence-corrected chi connectivity index (χ3v) is 9.12. The maximum Gasteiger partial charge on any atom is 0.326 e. The highest BCUT2D eigenvalue weighted by Gasteiger charge is 2.38. The predicted molar refractivity (Wildman–Crippen MR) is 158 cm³/mol. The lowest BCUT2D eigenvalue weighted by Gasteiger charge is -2.29. The summed E-state index contributed by atoms with van der Waals surface area (Å²) < 4.78 is 40.8.